The molecular weight excluding hydrogens is 312 g/mol. The van der Waals surface area contributed by atoms with Crippen molar-refractivity contribution in [2.24, 2.45) is 0 Å². The molecule has 2 rings (SSSR count). The average molecular weight is 339 g/mol. The normalized spacial score (nSPS) is 18.0. The summed E-state index contributed by atoms with van der Waals surface area (Å²) in [5.41, 5.74) is 1.16. The summed E-state index contributed by atoms with van der Waals surface area (Å²) in [6, 6.07) is 7.85. The number of hydrogen-bond acceptors (Lipinski definition) is 3. The van der Waals surface area contributed by atoms with Crippen molar-refractivity contribution < 1.29 is 9.90 Å². The molecule has 1 fully saturated rings. The minimum Gasteiger partial charge on any atom is -0.480 e. The third-order valence-electron chi connectivity index (χ3n) is 4.52. The second kappa shape index (κ2) is 9.26. The smallest absolute Gasteiger partial charge is 0.320 e. The van der Waals surface area contributed by atoms with Gasteiger partial charge in [-0.15, -0.1) is 0 Å². The molecular formula is C18H27ClN2O2. The van der Waals surface area contributed by atoms with Crippen molar-refractivity contribution in [3.05, 3.63) is 34.9 Å². The number of aliphatic carboxylic acids is 1. The monoisotopic (exact) mass is 338 g/mol. The molecule has 23 heavy (non-hydrogen) atoms. The number of benzene rings is 1. The van der Waals surface area contributed by atoms with E-state index in [1.165, 1.54) is 0 Å². The molecule has 1 heterocycles. The largest absolute Gasteiger partial charge is 0.480 e. The van der Waals surface area contributed by atoms with Gasteiger partial charge >= 0.3 is 5.97 Å². The Hall–Kier alpha value is -1.10. The van der Waals surface area contributed by atoms with Gasteiger partial charge < -0.3 is 10.4 Å². The van der Waals surface area contributed by atoms with Crippen LogP contribution in [0.25, 0.3) is 0 Å². The standard InChI is InChI=1S/C18H27ClN2O2/c1-2-3-8-17(18(22)23)20-15-9-11-21(12-10-15)13-14-6-4-5-7-16(14)19/h4-7,15,17,20H,2-3,8-13H2,1H3,(H,22,23). The summed E-state index contributed by atoms with van der Waals surface area (Å²) < 4.78 is 0. The third kappa shape index (κ3) is 5.79. The number of carbonyl (C=O) groups is 1. The number of nitrogens with zero attached hydrogens (tertiary/aromatic N) is 1. The fourth-order valence-electron chi connectivity index (χ4n) is 3.10. The fraction of sp³-hybridized carbons (Fsp3) is 0.611. The first-order valence-corrected chi connectivity index (χ1v) is 8.92. The molecule has 1 atom stereocenters. The van der Waals surface area contributed by atoms with Crippen molar-refractivity contribution in [2.75, 3.05) is 13.1 Å². The summed E-state index contributed by atoms with van der Waals surface area (Å²) in [6.07, 6.45) is 4.67. The summed E-state index contributed by atoms with van der Waals surface area (Å²) in [4.78, 5) is 13.7. The molecule has 0 bridgehead atoms. The Morgan fingerprint density at radius 3 is 2.70 bits per heavy atom. The maximum absolute atomic E-state index is 11.3. The molecule has 0 aromatic heterocycles. The van der Waals surface area contributed by atoms with E-state index in [1.54, 1.807) is 0 Å². The molecule has 0 amide bonds. The number of halogens is 1. The summed E-state index contributed by atoms with van der Waals surface area (Å²) in [6.45, 7) is 4.91. The third-order valence-corrected chi connectivity index (χ3v) is 4.89. The second-order valence-electron chi connectivity index (χ2n) is 6.34. The number of carboxylic acids is 1. The van der Waals surface area contributed by atoms with E-state index in [0.717, 1.165) is 55.9 Å². The van der Waals surface area contributed by atoms with Crippen LogP contribution in [0.1, 0.15) is 44.6 Å². The van der Waals surface area contributed by atoms with Gasteiger partial charge in [0, 0.05) is 17.6 Å². The highest BCUT2D eigenvalue weighted by atomic mass is 35.5. The van der Waals surface area contributed by atoms with Crippen LogP contribution < -0.4 is 5.32 Å². The van der Waals surface area contributed by atoms with Crippen LogP contribution in [0.2, 0.25) is 5.02 Å². The first kappa shape index (κ1) is 18.2. The second-order valence-corrected chi connectivity index (χ2v) is 6.75. The highest BCUT2D eigenvalue weighted by Gasteiger charge is 2.24. The molecule has 0 radical (unpaired) electrons. The van der Waals surface area contributed by atoms with E-state index in [0.29, 0.717) is 12.5 Å². The maximum atomic E-state index is 11.3. The van der Waals surface area contributed by atoms with Crippen molar-refractivity contribution in [1.82, 2.24) is 10.2 Å². The average Bonchev–Trinajstić information content (AvgIpc) is 2.55. The number of rotatable bonds is 8. The van der Waals surface area contributed by atoms with Crippen LogP contribution in [-0.2, 0) is 11.3 Å². The highest BCUT2D eigenvalue weighted by Crippen LogP contribution is 2.20. The molecule has 0 spiro atoms. The molecule has 128 valence electrons. The zero-order valence-electron chi connectivity index (χ0n) is 13.8. The van der Waals surface area contributed by atoms with Gasteiger partial charge in [-0.25, -0.2) is 0 Å². The molecule has 1 aromatic rings. The van der Waals surface area contributed by atoms with Crippen molar-refractivity contribution in [3.63, 3.8) is 0 Å². The lowest BCUT2D eigenvalue weighted by atomic mass is 10.0. The van der Waals surface area contributed by atoms with E-state index in [-0.39, 0.29) is 0 Å². The number of likely N-dealkylation sites (tertiary alicyclic amines) is 1. The van der Waals surface area contributed by atoms with Crippen molar-refractivity contribution in [2.45, 2.75) is 57.7 Å². The number of piperidine rings is 1. The maximum Gasteiger partial charge on any atom is 0.320 e. The molecule has 0 aliphatic carbocycles. The van der Waals surface area contributed by atoms with Gasteiger partial charge in [-0.3, -0.25) is 9.69 Å². The van der Waals surface area contributed by atoms with Crippen LogP contribution in [-0.4, -0.2) is 41.1 Å². The topological polar surface area (TPSA) is 52.6 Å². The van der Waals surface area contributed by atoms with Crippen LogP contribution in [0.5, 0.6) is 0 Å². The SMILES string of the molecule is CCCCC(NC1CCN(Cc2ccccc2Cl)CC1)C(=O)O. The van der Waals surface area contributed by atoms with Crippen molar-refractivity contribution in [1.29, 1.82) is 0 Å². The van der Waals surface area contributed by atoms with Gasteiger partial charge in [0.2, 0.25) is 0 Å². The van der Waals surface area contributed by atoms with E-state index in [1.807, 2.05) is 18.2 Å². The summed E-state index contributed by atoms with van der Waals surface area (Å²) in [5.74, 6) is -0.725. The molecule has 4 nitrogen and oxygen atoms in total. The Morgan fingerprint density at radius 1 is 1.39 bits per heavy atom. The molecule has 1 saturated heterocycles. The Labute approximate surface area is 143 Å². The van der Waals surface area contributed by atoms with E-state index >= 15 is 0 Å². The quantitative estimate of drug-likeness (QED) is 0.761. The van der Waals surface area contributed by atoms with Gasteiger partial charge in [0.1, 0.15) is 6.04 Å². The van der Waals surface area contributed by atoms with Gasteiger partial charge in [0.05, 0.1) is 0 Å². The first-order valence-electron chi connectivity index (χ1n) is 8.54. The summed E-state index contributed by atoms with van der Waals surface area (Å²) >= 11 is 6.22. The Bertz CT molecular complexity index is 502. The predicted octanol–water partition coefficient (Wildman–Crippen LogP) is 3.54. The van der Waals surface area contributed by atoms with Crippen LogP contribution in [0.4, 0.5) is 0 Å². The number of carboxylic acid groups (broad SMARTS) is 1. The lowest BCUT2D eigenvalue weighted by molar-refractivity contribution is -0.140. The molecule has 1 aliphatic heterocycles. The number of unbranched alkanes of at least 4 members (excludes halogenated alkanes) is 1. The minimum absolute atomic E-state index is 0.301. The predicted molar refractivity (Wildman–Crippen MR) is 93.8 cm³/mol. The van der Waals surface area contributed by atoms with E-state index in [4.69, 9.17) is 11.6 Å². The lowest BCUT2D eigenvalue weighted by Gasteiger charge is -2.34. The van der Waals surface area contributed by atoms with Crippen LogP contribution in [0, 0.1) is 0 Å². The van der Waals surface area contributed by atoms with Crippen LogP contribution in [0.3, 0.4) is 0 Å². The van der Waals surface area contributed by atoms with E-state index in [9.17, 15) is 9.90 Å². The zero-order chi connectivity index (χ0) is 16.7. The molecule has 2 N–H and O–H groups in total. The summed E-state index contributed by atoms with van der Waals surface area (Å²) in [7, 11) is 0. The van der Waals surface area contributed by atoms with Crippen molar-refractivity contribution in [3.8, 4) is 0 Å². The van der Waals surface area contributed by atoms with Gasteiger partial charge in [-0.2, -0.15) is 0 Å². The zero-order valence-corrected chi connectivity index (χ0v) is 14.6. The summed E-state index contributed by atoms with van der Waals surface area (Å²) in [5, 5.41) is 13.5. The Morgan fingerprint density at radius 2 is 2.09 bits per heavy atom. The molecule has 1 unspecified atom stereocenters. The first-order chi connectivity index (χ1) is 11.1. The molecule has 1 aromatic carbocycles. The van der Waals surface area contributed by atoms with Gasteiger partial charge in [-0.05, 0) is 44.0 Å². The number of hydrogen-bond donors (Lipinski definition) is 2. The van der Waals surface area contributed by atoms with Crippen molar-refractivity contribution >= 4 is 17.6 Å². The number of nitrogens with one attached hydrogen (secondary N) is 1. The molecule has 1 aliphatic rings. The van der Waals surface area contributed by atoms with Gasteiger partial charge in [0.15, 0.2) is 0 Å². The minimum atomic E-state index is -0.725. The fourth-order valence-corrected chi connectivity index (χ4v) is 3.29. The highest BCUT2D eigenvalue weighted by molar-refractivity contribution is 6.31. The van der Waals surface area contributed by atoms with Crippen LogP contribution in [0.15, 0.2) is 24.3 Å². The van der Waals surface area contributed by atoms with E-state index in [2.05, 4.69) is 23.2 Å². The molecule has 5 heteroatoms. The Kier molecular flexibility index (Phi) is 7.34. The van der Waals surface area contributed by atoms with Gasteiger partial charge in [0.25, 0.3) is 0 Å². The van der Waals surface area contributed by atoms with E-state index < -0.39 is 12.0 Å². The van der Waals surface area contributed by atoms with Gasteiger partial charge in [-0.1, -0.05) is 49.6 Å². The van der Waals surface area contributed by atoms with Crippen LogP contribution >= 0.6 is 11.6 Å². The molecule has 0 saturated carbocycles. The lowest BCUT2D eigenvalue weighted by Crippen LogP contribution is -2.48. The Balaban J connectivity index is 1.79.